The van der Waals surface area contributed by atoms with E-state index < -0.39 is 0 Å². The second kappa shape index (κ2) is 5.84. The van der Waals surface area contributed by atoms with Gasteiger partial charge in [0.15, 0.2) is 0 Å². The quantitative estimate of drug-likeness (QED) is 0.670. The molecule has 0 aliphatic carbocycles. The highest BCUT2D eigenvalue weighted by molar-refractivity contribution is 6.31. The van der Waals surface area contributed by atoms with Crippen LogP contribution < -0.4 is 15.4 Å². The fraction of sp³-hybridized carbons (Fsp3) is 0.133. The number of hydrogen-bond donors (Lipinski definition) is 2. The van der Waals surface area contributed by atoms with Gasteiger partial charge in [-0.2, -0.15) is 0 Å². The van der Waals surface area contributed by atoms with Crippen molar-refractivity contribution in [2.75, 3.05) is 19.1 Å². The van der Waals surface area contributed by atoms with Crippen molar-refractivity contribution in [2.45, 2.75) is 0 Å². The smallest absolute Gasteiger partial charge is 0.124 e. The molecule has 0 atom stereocenters. The molecular formula is C15H16ClN3O. The number of nitrogens with zero attached hydrogens (tertiary/aromatic N) is 1. The van der Waals surface area contributed by atoms with Crippen LogP contribution >= 0.6 is 11.6 Å². The van der Waals surface area contributed by atoms with Crippen LogP contribution in [-0.4, -0.2) is 20.0 Å². The molecule has 0 saturated carbocycles. The van der Waals surface area contributed by atoms with Crippen LogP contribution in [0.4, 0.5) is 11.4 Å². The van der Waals surface area contributed by atoms with Crippen LogP contribution in [0.25, 0.3) is 0 Å². The van der Waals surface area contributed by atoms with Crippen molar-refractivity contribution in [2.24, 2.45) is 5.73 Å². The Morgan fingerprint density at radius 1 is 1.20 bits per heavy atom. The zero-order valence-electron chi connectivity index (χ0n) is 11.4. The van der Waals surface area contributed by atoms with Crippen molar-refractivity contribution >= 4 is 28.8 Å². The molecule has 2 rings (SSSR count). The maximum absolute atomic E-state index is 7.65. The second-order valence-corrected chi connectivity index (χ2v) is 4.77. The van der Waals surface area contributed by atoms with Crippen LogP contribution in [0.2, 0.25) is 5.02 Å². The van der Waals surface area contributed by atoms with Crippen LogP contribution in [0.5, 0.6) is 5.75 Å². The Morgan fingerprint density at radius 2 is 1.85 bits per heavy atom. The molecule has 3 N–H and O–H groups in total. The lowest BCUT2D eigenvalue weighted by Crippen LogP contribution is -2.18. The number of benzene rings is 2. The highest BCUT2D eigenvalue weighted by Crippen LogP contribution is 2.30. The molecular weight excluding hydrogens is 274 g/mol. The Balaban J connectivity index is 2.43. The Morgan fingerprint density at radius 3 is 2.40 bits per heavy atom. The molecule has 0 radical (unpaired) electrons. The van der Waals surface area contributed by atoms with E-state index in [1.165, 1.54) is 0 Å². The van der Waals surface area contributed by atoms with Gasteiger partial charge in [-0.15, -0.1) is 0 Å². The summed E-state index contributed by atoms with van der Waals surface area (Å²) in [6, 6.07) is 12.9. The molecule has 2 aromatic carbocycles. The molecule has 0 fully saturated rings. The fourth-order valence-corrected chi connectivity index (χ4v) is 2.12. The fourth-order valence-electron chi connectivity index (χ4n) is 1.95. The van der Waals surface area contributed by atoms with Gasteiger partial charge in [-0.25, -0.2) is 0 Å². The van der Waals surface area contributed by atoms with Crippen LogP contribution in [0, 0.1) is 5.41 Å². The number of nitrogens with one attached hydrogen (secondary N) is 1. The predicted molar refractivity (Wildman–Crippen MR) is 83.5 cm³/mol. The lowest BCUT2D eigenvalue weighted by Gasteiger charge is -2.22. The molecule has 0 amide bonds. The number of nitrogens with two attached hydrogens (primary N) is 1. The van der Waals surface area contributed by atoms with E-state index in [0.717, 1.165) is 17.1 Å². The normalized spacial score (nSPS) is 10.2. The SMILES string of the molecule is COc1ccc(N(C)c2cc(Cl)ccc2C(=N)N)cc1. The second-order valence-electron chi connectivity index (χ2n) is 4.33. The van der Waals surface area contributed by atoms with E-state index in [1.54, 1.807) is 25.3 Å². The molecule has 0 aromatic heterocycles. The summed E-state index contributed by atoms with van der Waals surface area (Å²) in [5.74, 6) is 0.803. The Kier molecular flexibility index (Phi) is 4.15. The van der Waals surface area contributed by atoms with Crippen molar-refractivity contribution in [1.29, 1.82) is 5.41 Å². The Hall–Kier alpha value is -2.20. The highest BCUT2D eigenvalue weighted by Gasteiger charge is 2.12. The van der Waals surface area contributed by atoms with Gasteiger partial charge in [0.1, 0.15) is 11.6 Å². The van der Waals surface area contributed by atoms with Gasteiger partial charge in [0.25, 0.3) is 0 Å². The van der Waals surface area contributed by atoms with Crippen LogP contribution in [0.15, 0.2) is 42.5 Å². The van der Waals surface area contributed by atoms with Crippen molar-refractivity contribution in [3.8, 4) is 5.75 Å². The average Bonchev–Trinajstić information content (AvgIpc) is 2.46. The van der Waals surface area contributed by atoms with Crippen molar-refractivity contribution < 1.29 is 4.74 Å². The van der Waals surface area contributed by atoms with Crippen LogP contribution in [-0.2, 0) is 0 Å². The molecule has 0 bridgehead atoms. The minimum atomic E-state index is 0.0111. The van der Waals surface area contributed by atoms with E-state index in [4.69, 9.17) is 27.5 Å². The average molecular weight is 290 g/mol. The first-order chi connectivity index (χ1) is 9.52. The molecule has 5 heteroatoms. The number of methoxy groups -OCH3 is 1. The van der Waals surface area contributed by atoms with Crippen LogP contribution in [0.3, 0.4) is 0 Å². The van der Waals surface area contributed by atoms with Gasteiger partial charge in [0, 0.05) is 23.3 Å². The van der Waals surface area contributed by atoms with E-state index in [2.05, 4.69) is 0 Å². The maximum atomic E-state index is 7.65. The van der Waals surface area contributed by atoms with Gasteiger partial charge in [0.05, 0.1) is 12.8 Å². The van der Waals surface area contributed by atoms with Gasteiger partial charge >= 0.3 is 0 Å². The summed E-state index contributed by atoms with van der Waals surface area (Å²) >= 11 is 6.04. The number of amidine groups is 1. The summed E-state index contributed by atoms with van der Waals surface area (Å²) in [5, 5.41) is 8.26. The first-order valence-corrected chi connectivity index (χ1v) is 6.42. The minimum absolute atomic E-state index is 0.0111. The molecule has 4 nitrogen and oxygen atoms in total. The number of hydrogen-bond acceptors (Lipinski definition) is 3. The summed E-state index contributed by atoms with van der Waals surface area (Å²) in [6.45, 7) is 0. The van der Waals surface area contributed by atoms with E-state index in [9.17, 15) is 0 Å². The lowest BCUT2D eigenvalue weighted by atomic mass is 10.1. The number of rotatable bonds is 4. The molecule has 0 aliphatic rings. The van der Waals surface area contributed by atoms with Gasteiger partial charge in [-0.1, -0.05) is 11.6 Å². The molecule has 20 heavy (non-hydrogen) atoms. The maximum Gasteiger partial charge on any atom is 0.124 e. The number of nitrogen functional groups attached to an aromatic ring is 1. The summed E-state index contributed by atoms with van der Waals surface area (Å²) in [6.07, 6.45) is 0. The largest absolute Gasteiger partial charge is 0.497 e. The van der Waals surface area contributed by atoms with E-state index in [-0.39, 0.29) is 5.84 Å². The molecule has 0 spiro atoms. The predicted octanol–water partition coefficient (Wildman–Crippen LogP) is 3.40. The van der Waals surface area contributed by atoms with Gasteiger partial charge in [0.2, 0.25) is 0 Å². The van der Waals surface area contributed by atoms with E-state index in [1.807, 2.05) is 36.2 Å². The monoisotopic (exact) mass is 289 g/mol. The zero-order chi connectivity index (χ0) is 14.7. The summed E-state index contributed by atoms with van der Waals surface area (Å²) in [5.41, 5.74) is 8.01. The third-order valence-electron chi connectivity index (χ3n) is 3.07. The lowest BCUT2D eigenvalue weighted by molar-refractivity contribution is 0.415. The molecule has 0 heterocycles. The summed E-state index contributed by atoms with van der Waals surface area (Å²) < 4.78 is 5.14. The summed E-state index contributed by atoms with van der Waals surface area (Å²) in [7, 11) is 3.53. The first kappa shape index (κ1) is 14.2. The molecule has 0 unspecified atom stereocenters. The molecule has 0 aliphatic heterocycles. The standard InChI is InChI=1S/C15H16ClN3O/c1-19(11-4-6-12(20-2)7-5-11)14-9-10(16)3-8-13(14)15(17)18/h3-9H,1-2H3,(H3,17,18). The van der Waals surface area contributed by atoms with Crippen LogP contribution in [0.1, 0.15) is 5.56 Å². The van der Waals surface area contributed by atoms with Gasteiger partial charge in [-0.3, -0.25) is 5.41 Å². The van der Waals surface area contributed by atoms with Crippen molar-refractivity contribution in [3.05, 3.63) is 53.1 Å². The van der Waals surface area contributed by atoms with E-state index >= 15 is 0 Å². The topological polar surface area (TPSA) is 62.3 Å². The molecule has 2 aromatic rings. The zero-order valence-corrected chi connectivity index (χ0v) is 12.1. The van der Waals surface area contributed by atoms with E-state index in [0.29, 0.717) is 10.6 Å². The Bertz CT molecular complexity index is 626. The summed E-state index contributed by atoms with van der Waals surface area (Å²) in [4.78, 5) is 1.93. The number of anilines is 2. The van der Waals surface area contributed by atoms with Gasteiger partial charge in [-0.05, 0) is 42.5 Å². The third kappa shape index (κ3) is 2.86. The minimum Gasteiger partial charge on any atom is -0.497 e. The molecule has 104 valence electrons. The van der Waals surface area contributed by atoms with Gasteiger partial charge < -0.3 is 15.4 Å². The van der Waals surface area contributed by atoms with Crippen molar-refractivity contribution in [3.63, 3.8) is 0 Å². The van der Waals surface area contributed by atoms with Crippen molar-refractivity contribution in [1.82, 2.24) is 0 Å². The molecule has 0 saturated heterocycles. The Labute approximate surface area is 123 Å². The first-order valence-electron chi connectivity index (χ1n) is 6.04. The number of ether oxygens (including phenoxy) is 1. The number of halogens is 1. The highest BCUT2D eigenvalue weighted by atomic mass is 35.5. The third-order valence-corrected chi connectivity index (χ3v) is 3.31.